The molecule has 0 spiro atoms. The van der Waals surface area contributed by atoms with Crippen LogP contribution in [-0.2, 0) is 0 Å². The van der Waals surface area contributed by atoms with Gasteiger partial charge in [0.2, 0.25) is 0 Å². The van der Waals surface area contributed by atoms with Crippen LogP contribution in [0.2, 0.25) is 10.0 Å². The molecule has 1 atom stereocenters. The van der Waals surface area contributed by atoms with Crippen molar-refractivity contribution in [1.29, 1.82) is 0 Å². The fraction of sp³-hybridized carbons (Fsp3) is 0.263. The number of aromatic nitrogens is 3. The first kappa shape index (κ1) is 18.3. The number of halogens is 2. The molecule has 0 saturated carbocycles. The van der Waals surface area contributed by atoms with Crippen LogP contribution < -0.4 is 0 Å². The minimum atomic E-state index is 0.235. The second-order valence-corrected chi connectivity index (χ2v) is 8.22. The molecule has 25 heavy (non-hydrogen) atoms. The Kier molecular flexibility index (Phi) is 5.72. The van der Waals surface area contributed by atoms with E-state index in [-0.39, 0.29) is 5.92 Å². The van der Waals surface area contributed by atoms with Crippen LogP contribution >= 0.6 is 35.0 Å². The first-order chi connectivity index (χ1) is 12.0. The van der Waals surface area contributed by atoms with E-state index in [9.17, 15) is 0 Å². The summed E-state index contributed by atoms with van der Waals surface area (Å²) in [6, 6.07) is 9.70. The van der Waals surface area contributed by atoms with Crippen molar-refractivity contribution in [3.05, 3.63) is 69.6 Å². The molecular weight excluding hydrogens is 373 g/mol. The van der Waals surface area contributed by atoms with Crippen molar-refractivity contribution in [2.24, 2.45) is 5.92 Å². The van der Waals surface area contributed by atoms with Crippen molar-refractivity contribution in [2.75, 3.05) is 0 Å². The molecule has 2 heterocycles. The molecular formula is C19H19Cl2N3S. The maximum Gasteiger partial charge on any atom is 0.0996 e. The number of nitrogens with zero attached hydrogens (tertiary/aromatic N) is 2. The number of H-pyrrole nitrogens is 1. The van der Waals surface area contributed by atoms with Crippen molar-refractivity contribution in [2.45, 2.75) is 36.6 Å². The maximum absolute atomic E-state index is 6.14. The van der Waals surface area contributed by atoms with Gasteiger partial charge < -0.3 is 0 Å². The summed E-state index contributed by atoms with van der Waals surface area (Å²) in [6.07, 6.45) is 3.67. The first-order valence-electron chi connectivity index (χ1n) is 8.04. The number of rotatable bonds is 5. The number of hydrogen-bond donors (Lipinski definition) is 1. The first-order valence-corrected chi connectivity index (χ1v) is 9.61. The summed E-state index contributed by atoms with van der Waals surface area (Å²) in [5.74, 6) is 0.653. The molecule has 0 aliphatic heterocycles. The minimum absolute atomic E-state index is 0.235. The lowest BCUT2D eigenvalue weighted by Gasteiger charge is -2.22. The van der Waals surface area contributed by atoms with Crippen LogP contribution in [0.5, 0.6) is 0 Å². The third-order valence-electron chi connectivity index (χ3n) is 4.06. The number of nitrogens with one attached hydrogen (secondary N) is 1. The van der Waals surface area contributed by atoms with Gasteiger partial charge in [0.25, 0.3) is 0 Å². The van der Waals surface area contributed by atoms with Crippen LogP contribution in [0.3, 0.4) is 0 Å². The zero-order valence-electron chi connectivity index (χ0n) is 14.3. The Morgan fingerprint density at radius 1 is 1.04 bits per heavy atom. The number of pyridine rings is 1. The summed E-state index contributed by atoms with van der Waals surface area (Å²) >= 11 is 13.9. The van der Waals surface area contributed by atoms with Crippen LogP contribution in [0.15, 0.2) is 52.6 Å². The highest BCUT2D eigenvalue weighted by Gasteiger charge is 2.25. The molecule has 0 radical (unpaired) electrons. The molecule has 0 saturated heterocycles. The van der Waals surface area contributed by atoms with Gasteiger partial charge in [0.15, 0.2) is 0 Å². The van der Waals surface area contributed by atoms with E-state index in [1.807, 2.05) is 31.5 Å². The van der Waals surface area contributed by atoms with E-state index in [1.54, 1.807) is 17.8 Å². The quantitative estimate of drug-likeness (QED) is 0.549. The average molecular weight is 392 g/mol. The summed E-state index contributed by atoms with van der Waals surface area (Å²) in [5.41, 5.74) is 3.45. The largest absolute Gasteiger partial charge is 0.271 e. The molecule has 130 valence electrons. The van der Waals surface area contributed by atoms with Gasteiger partial charge in [0, 0.05) is 38.8 Å². The van der Waals surface area contributed by atoms with Crippen molar-refractivity contribution < 1.29 is 0 Å². The van der Waals surface area contributed by atoms with Gasteiger partial charge in [-0.05, 0) is 48.7 Å². The predicted octanol–water partition coefficient (Wildman–Crippen LogP) is 6.36. The Bertz CT molecular complexity index is 842. The summed E-state index contributed by atoms with van der Waals surface area (Å²) in [4.78, 5) is 5.13. The molecule has 0 aliphatic rings. The third-order valence-corrected chi connectivity index (χ3v) is 5.48. The highest BCUT2D eigenvalue weighted by atomic mass is 35.5. The molecule has 3 aromatic rings. The highest BCUT2D eigenvalue weighted by molar-refractivity contribution is 7.99. The number of aryl methyl sites for hydroxylation is 1. The summed E-state index contributed by atoms with van der Waals surface area (Å²) in [5, 5.41) is 9.91. The summed E-state index contributed by atoms with van der Waals surface area (Å²) in [6.45, 7) is 6.49. The van der Waals surface area contributed by atoms with Gasteiger partial charge in [-0.3, -0.25) is 10.1 Å². The molecule has 1 unspecified atom stereocenters. The van der Waals surface area contributed by atoms with Crippen LogP contribution in [0.1, 0.15) is 36.6 Å². The van der Waals surface area contributed by atoms with Crippen molar-refractivity contribution >= 4 is 35.0 Å². The Labute approximate surface area is 162 Å². The standard InChI is InChI=1S/C19H19Cl2N3S/c1-11(2)17(13-4-6-22-7-5-13)18-12(3)23-24-19(18)25-16-9-14(20)8-15(21)10-16/h4-11,17H,1-3H3,(H,23,24). The minimum Gasteiger partial charge on any atom is -0.271 e. The van der Waals surface area contributed by atoms with E-state index in [2.05, 4.69) is 41.2 Å². The van der Waals surface area contributed by atoms with Gasteiger partial charge in [-0.1, -0.05) is 48.8 Å². The topological polar surface area (TPSA) is 41.6 Å². The zero-order valence-corrected chi connectivity index (χ0v) is 16.6. The normalized spacial score (nSPS) is 12.6. The monoisotopic (exact) mass is 391 g/mol. The Morgan fingerprint density at radius 2 is 1.68 bits per heavy atom. The Morgan fingerprint density at radius 3 is 2.28 bits per heavy atom. The molecule has 3 rings (SSSR count). The van der Waals surface area contributed by atoms with E-state index >= 15 is 0 Å². The number of aromatic amines is 1. The number of benzene rings is 1. The van der Waals surface area contributed by atoms with Gasteiger partial charge in [-0.2, -0.15) is 5.10 Å². The van der Waals surface area contributed by atoms with Crippen molar-refractivity contribution in [3.63, 3.8) is 0 Å². The van der Waals surface area contributed by atoms with E-state index < -0.39 is 0 Å². The van der Waals surface area contributed by atoms with Crippen LogP contribution in [0.4, 0.5) is 0 Å². The summed E-state index contributed by atoms with van der Waals surface area (Å²) < 4.78 is 0. The van der Waals surface area contributed by atoms with Crippen LogP contribution in [0.25, 0.3) is 0 Å². The molecule has 1 N–H and O–H groups in total. The Balaban J connectivity index is 2.03. The fourth-order valence-corrected chi connectivity index (χ4v) is 4.76. The van der Waals surface area contributed by atoms with E-state index in [0.29, 0.717) is 16.0 Å². The van der Waals surface area contributed by atoms with E-state index in [1.165, 1.54) is 11.1 Å². The van der Waals surface area contributed by atoms with Gasteiger partial charge in [-0.15, -0.1) is 0 Å². The summed E-state index contributed by atoms with van der Waals surface area (Å²) in [7, 11) is 0. The molecule has 0 aliphatic carbocycles. The molecule has 0 amide bonds. The van der Waals surface area contributed by atoms with Gasteiger partial charge in [0.05, 0.1) is 10.7 Å². The number of hydrogen-bond acceptors (Lipinski definition) is 3. The highest BCUT2D eigenvalue weighted by Crippen LogP contribution is 2.41. The lowest BCUT2D eigenvalue weighted by Crippen LogP contribution is -2.10. The molecule has 2 aromatic heterocycles. The molecule has 0 bridgehead atoms. The lowest BCUT2D eigenvalue weighted by molar-refractivity contribution is 0.554. The smallest absolute Gasteiger partial charge is 0.0996 e. The lowest BCUT2D eigenvalue weighted by atomic mass is 9.83. The fourth-order valence-electron chi connectivity index (χ4n) is 3.02. The van der Waals surface area contributed by atoms with Crippen LogP contribution in [0, 0.1) is 12.8 Å². The van der Waals surface area contributed by atoms with E-state index in [4.69, 9.17) is 23.2 Å². The van der Waals surface area contributed by atoms with Gasteiger partial charge >= 0.3 is 0 Å². The van der Waals surface area contributed by atoms with Crippen molar-refractivity contribution in [3.8, 4) is 0 Å². The van der Waals surface area contributed by atoms with Crippen molar-refractivity contribution in [1.82, 2.24) is 15.2 Å². The molecule has 6 heteroatoms. The van der Waals surface area contributed by atoms with Gasteiger partial charge in [-0.25, -0.2) is 0 Å². The second kappa shape index (κ2) is 7.81. The molecule has 0 fully saturated rings. The van der Waals surface area contributed by atoms with Crippen LogP contribution in [-0.4, -0.2) is 15.2 Å². The third kappa shape index (κ3) is 4.20. The molecule has 1 aromatic carbocycles. The Hall–Kier alpha value is -1.49. The van der Waals surface area contributed by atoms with E-state index in [0.717, 1.165) is 15.6 Å². The zero-order chi connectivity index (χ0) is 18.0. The predicted molar refractivity (Wildman–Crippen MR) is 105 cm³/mol. The maximum atomic E-state index is 6.14. The second-order valence-electron chi connectivity index (χ2n) is 6.26. The SMILES string of the molecule is Cc1n[nH]c(Sc2cc(Cl)cc(Cl)c2)c1C(c1ccncc1)C(C)C. The average Bonchev–Trinajstić information content (AvgIpc) is 2.88. The van der Waals surface area contributed by atoms with Gasteiger partial charge in [0.1, 0.15) is 0 Å². The molecule has 3 nitrogen and oxygen atoms in total.